The van der Waals surface area contributed by atoms with Gasteiger partial charge in [-0.15, -0.1) is 0 Å². The zero-order valence-electron chi connectivity index (χ0n) is 21.5. The zero-order valence-corrected chi connectivity index (χ0v) is 22.2. The molecule has 0 amide bonds. The van der Waals surface area contributed by atoms with Crippen molar-refractivity contribution in [3.05, 3.63) is 53.3 Å². The average Bonchev–Trinajstić information content (AvgIpc) is 3.47. The molecule has 2 N–H and O–H groups in total. The van der Waals surface area contributed by atoms with Gasteiger partial charge in [0.15, 0.2) is 5.82 Å². The molecule has 0 saturated carbocycles. The molecule has 0 aliphatic carbocycles. The van der Waals surface area contributed by atoms with E-state index in [1.165, 1.54) is 0 Å². The molecule has 4 heterocycles. The maximum Gasteiger partial charge on any atom is 0.228 e. The van der Waals surface area contributed by atoms with Crippen molar-refractivity contribution in [2.45, 2.75) is 31.0 Å². The van der Waals surface area contributed by atoms with Gasteiger partial charge in [-0.3, -0.25) is 0 Å². The van der Waals surface area contributed by atoms with Crippen LogP contribution in [0.2, 0.25) is 5.02 Å². The lowest BCUT2D eigenvalue weighted by atomic mass is 9.96. The van der Waals surface area contributed by atoms with Gasteiger partial charge in [-0.1, -0.05) is 35.9 Å². The van der Waals surface area contributed by atoms with Crippen molar-refractivity contribution in [3.63, 3.8) is 0 Å². The molecule has 7 rings (SSSR count). The van der Waals surface area contributed by atoms with E-state index < -0.39 is 5.82 Å². The number of halogens is 2. The van der Waals surface area contributed by atoms with Crippen LogP contribution in [0, 0.1) is 5.82 Å². The molecule has 4 aromatic rings. The number of phenolic OH excluding ortho intramolecular Hbond substituents is 1. The standard InChI is InChI=1S/C29H30ClFN6O/c1-35(2)17-14-36(15-17)29-33-27-21(28(34-29)37-10-8-23-24(37)7-9-32-23)13-22(30)25(26(27)31)20-12-18(38)11-16-5-3-4-6-19(16)20/h3-6,11-13,17,23-24,32,38H,7-10,14-15H2,1-2H3/t23-,24-/m0/s1. The van der Waals surface area contributed by atoms with E-state index in [4.69, 9.17) is 21.6 Å². The molecule has 0 spiro atoms. The van der Waals surface area contributed by atoms with Crippen molar-refractivity contribution >= 4 is 45.0 Å². The maximum absolute atomic E-state index is 16.7. The van der Waals surface area contributed by atoms with Gasteiger partial charge in [0.2, 0.25) is 5.95 Å². The first-order valence-electron chi connectivity index (χ1n) is 13.2. The molecule has 0 bridgehead atoms. The maximum atomic E-state index is 16.7. The highest BCUT2D eigenvalue weighted by Gasteiger charge is 2.40. The van der Waals surface area contributed by atoms with Crippen LogP contribution in [-0.4, -0.2) is 78.4 Å². The van der Waals surface area contributed by atoms with Crippen LogP contribution in [-0.2, 0) is 0 Å². The predicted octanol–water partition coefficient (Wildman–Crippen LogP) is 4.64. The monoisotopic (exact) mass is 532 g/mol. The first-order chi connectivity index (χ1) is 18.4. The Bertz CT molecular complexity index is 1570. The Hall–Kier alpha value is -3.20. The molecular formula is C29H30ClFN6O. The minimum Gasteiger partial charge on any atom is -0.508 e. The second-order valence-corrected chi connectivity index (χ2v) is 11.3. The number of hydrogen-bond donors (Lipinski definition) is 2. The lowest BCUT2D eigenvalue weighted by Gasteiger charge is -2.43. The summed E-state index contributed by atoms with van der Waals surface area (Å²) in [5, 5.41) is 16.6. The molecule has 7 nitrogen and oxygen atoms in total. The van der Waals surface area contributed by atoms with Crippen LogP contribution in [0.5, 0.6) is 5.75 Å². The van der Waals surface area contributed by atoms with Gasteiger partial charge in [0.1, 0.15) is 17.1 Å². The summed E-state index contributed by atoms with van der Waals surface area (Å²) in [6.07, 6.45) is 2.06. The topological polar surface area (TPSA) is 67.8 Å². The Labute approximate surface area is 225 Å². The third kappa shape index (κ3) is 3.69. The van der Waals surface area contributed by atoms with Crippen molar-refractivity contribution in [2.24, 2.45) is 0 Å². The molecule has 3 aromatic carbocycles. The Morgan fingerprint density at radius 1 is 1.08 bits per heavy atom. The van der Waals surface area contributed by atoms with Crippen molar-refractivity contribution in [3.8, 4) is 16.9 Å². The average molecular weight is 533 g/mol. The van der Waals surface area contributed by atoms with E-state index in [1.807, 2.05) is 30.3 Å². The smallest absolute Gasteiger partial charge is 0.228 e. The molecule has 3 saturated heterocycles. The molecular weight excluding hydrogens is 503 g/mol. The van der Waals surface area contributed by atoms with E-state index >= 15 is 4.39 Å². The molecule has 196 valence electrons. The van der Waals surface area contributed by atoms with Crippen LogP contribution in [0.15, 0.2) is 42.5 Å². The summed E-state index contributed by atoms with van der Waals surface area (Å²) in [6.45, 7) is 3.42. The molecule has 38 heavy (non-hydrogen) atoms. The Morgan fingerprint density at radius 2 is 1.89 bits per heavy atom. The van der Waals surface area contributed by atoms with E-state index in [0.29, 0.717) is 35.0 Å². The Morgan fingerprint density at radius 3 is 2.71 bits per heavy atom. The van der Waals surface area contributed by atoms with Gasteiger partial charge < -0.3 is 25.1 Å². The molecule has 3 fully saturated rings. The second kappa shape index (κ2) is 8.93. The number of hydrogen-bond acceptors (Lipinski definition) is 7. The van der Waals surface area contributed by atoms with Crippen molar-refractivity contribution < 1.29 is 9.50 Å². The number of likely N-dealkylation sites (N-methyl/N-ethyl adjacent to an activating group) is 1. The second-order valence-electron chi connectivity index (χ2n) is 10.9. The summed E-state index contributed by atoms with van der Waals surface area (Å²) < 4.78 is 16.7. The molecule has 9 heteroatoms. The van der Waals surface area contributed by atoms with Gasteiger partial charge >= 0.3 is 0 Å². The van der Waals surface area contributed by atoms with Gasteiger partial charge in [-0.2, -0.15) is 4.98 Å². The summed E-state index contributed by atoms with van der Waals surface area (Å²) >= 11 is 6.86. The summed E-state index contributed by atoms with van der Waals surface area (Å²) in [6, 6.07) is 13.8. The van der Waals surface area contributed by atoms with Gasteiger partial charge in [0.25, 0.3) is 0 Å². The summed E-state index contributed by atoms with van der Waals surface area (Å²) in [5.74, 6) is 0.874. The number of phenols is 1. The Balaban J connectivity index is 1.44. The van der Waals surface area contributed by atoms with E-state index in [2.05, 4.69) is 34.1 Å². The predicted molar refractivity (Wildman–Crippen MR) is 151 cm³/mol. The van der Waals surface area contributed by atoms with Gasteiger partial charge in [-0.05, 0) is 68.0 Å². The number of benzene rings is 3. The highest BCUT2D eigenvalue weighted by molar-refractivity contribution is 6.35. The van der Waals surface area contributed by atoms with E-state index in [-0.39, 0.29) is 21.9 Å². The summed E-state index contributed by atoms with van der Waals surface area (Å²) in [4.78, 5) is 16.5. The van der Waals surface area contributed by atoms with E-state index in [0.717, 1.165) is 55.6 Å². The fourth-order valence-corrected chi connectivity index (χ4v) is 6.64. The number of aromatic hydroxyl groups is 1. The fourth-order valence-electron chi connectivity index (χ4n) is 6.35. The number of nitrogens with zero attached hydrogens (tertiary/aromatic N) is 5. The normalized spacial score (nSPS) is 21.6. The van der Waals surface area contributed by atoms with Gasteiger partial charge in [-0.25, -0.2) is 9.37 Å². The largest absolute Gasteiger partial charge is 0.508 e. The fraction of sp³-hybridized carbons (Fsp3) is 0.379. The highest BCUT2D eigenvalue weighted by Crippen LogP contribution is 2.44. The molecule has 0 radical (unpaired) electrons. The van der Waals surface area contributed by atoms with Gasteiger partial charge in [0, 0.05) is 48.7 Å². The summed E-state index contributed by atoms with van der Waals surface area (Å²) in [5.41, 5.74) is 1.06. The molecule has 1 aromatic heterocycles. The van der Waals surface area contributed by atoms with Crippen molar-refractivity contribution in [1.82, 2.24) is 20.2 Å². The van der Waals surface area contributed by atoms with Crippen LogP contribution >= 0.6 is 11.6 Å². The number of rotatable bonds is 4. The quantitative estimate of drug-likeness (QED) is 0.397. The van der Waals surface area contributed by atoms with Crippen LogP contribution in [0.1, 0.15) is 12.8 Å². The van der Waals surface area contributed by atoms with E-state index in [9.17, 15) is 5.11 Å². The number of fused-ring (bicyclic) bond motifs is 3. The van der Waals surface area contributed by atoms with Crippen LogP contribution in [0.4, 0.5) is 16.2 Å². The number of aromatic nitrogens is 2. The van der Waals surface area contributed by atoms with Crippen LogP contribution in [0.25, 0.3) is 32.8 Å². The van der Waals surface area contributed by atoms with Crippen LogP contribution in [0.3, 0.4) is 0 Å². The lowest BCUT2D eigenvalue weighted by Crippen LogP contribution is -2.58. The van der Waals surface area contributed by atoms with E-state index in [1.54, 1.807) is 12.1 Å². The van der Waals surface area contributed by atoms with Crippen molar-refractivity contribution in [2.75, 3.05) is 50.1 Å². The Kier molecular flexibility index (Phi) is 5.61. The zero-order chi connectivity index (χ0) is 26.1. The minimum absolute atomic E-state index is 0.0606. The van der Waals surface area contributed by atoms with Crippen LogP contribution < -0.4 is 15.1 Å². The third-order valence-electron chi connectivity index (χ3n) is 8.51. The minimum atomic E-state index is -0.488. The SMILES string of the molecule is CN(C)C1CN(c2nc(N3CC[C@@H]4NCC[C@@H]43)c3cc(Cl)c(-c4cc(O)cc5ccccc45)c(F)c3n2)C1. The first kappa shape index (κ1) is 23.9. The lowest BCUT2D eigenvalue weighted by molar-refractivity contribution is 0.245. The summed E-state index contributed by atoms with van der Waals surface area (Å²) in [7, 11) is 4.14. The first-order valence-corrected chi connectivity index (χ1v) is 13.6. The van der Waals surface area contributed by atoms with Crippen molar-refractivity contribution in [1.29, 1.82) is 0 Å². The molecule has 3 aliphatic heterocycles. The number of anilines is 2. The highest BCUT2D eigenvalue weighted by atomic mass is 35.5. The molecule has 3 aliphatic rings. The molecule has 0 unspecified atom stereocenters. The van der Waals surface area contributed by atoms with Gasteiger partial charge in [0.05, 0.1) is 5.02 Å². The number of nitrogens with one attached hydrogen (secondary N) is 1. The molecule has 2 atom stereocenters. The third-order valence-corrected chi connectivity index (χ3v) is 8.80.